The predicted molar refractivity (Wildman–Crippen MR) is 80.3 cm³/mol. The number of halogens is 1. The van der Waals surface area contributed by atoms with Crippen LogP contribution in [0.2, 0.25) is 5.02 Å². The predicted octanol–water partition coefficient (Wildman–Crippen LogP) is 2.87. The van der Waals surface area contributed by atoms with Crippen molar-refractivity contribution in [1.82, 2.24) is 4.98 Å². The first-order valence-corrected chi connectivity index (χ1v) is 6.61. The summed E-state index contributed by atoms with van der Waals surface area (Å²) in [6.07, 6.45) is 1.62. The second kappa shape index (κ2) is 6.59. The molecule has 0 aliphatic carbocycles. The highest BCUT2D eigenvalue weighted by atomic mass is 35.5. The number of pyridine rings is 1. The molecule has 0 unspecified atom stereocenters. The Morgan fingerprint density at radius 2 is 2.10 bits per heavy atom. The van der Waals surface area contributed by atoms with Crippen molar-refractivity contribution in [2.75, 3.05) is 19.1 Å². The first kappa shape index (κ1) is 14.6. The first-order chi connectivity index (χ1) is 9.65. The van der Waals surface area contributed by atoms with Crippen molar-refractivity contribution < 1.29 is 9.84 Å². The topological polar surface area (TPSA) is 45.6 Å². The van der Waals surface area contributed by atoms with E-state index in [-0.39, 0.29) is 6.61 Å². The van der Waals surface area contributed by atoms with Crippen molar-refractivity contribution in [1.29, 1.82) is 0 Å². The normalized spacial score (nSPS) is 10.4. The summed E-state index contributed by atoms with van der Waals surface area (Å²) in [5, 5.41) is 9.59. The monoisotopic (exact) mass is 292 g/mol. The lowest BCUT2D eigenvalue weighted by Gasteiger charge is -2.21. The average Bonchev–Trinajstić information content (AvgIpc) is 2.47. The van der Waals surface area contributed by atoms with Gasteiger partial charge in [-0.15, -0.1) is 0 Å². The number of aliphatic hydroxyl groups excluding tert-OH is 1. The van der Waals surface area contributed by atoms with E-state index in [0.29, 0.717) is 22.9 Å². The van der Waals surface area contributed by atoms with Crippen molar-refractivity contribution in [3.05, 3.63) is 52.7 Å². The summed E-state index contributed by atoms with van der Waals surface area (Å²) in [5.74, 6) is 1.51. The molecule has 0 aliphatic heterocycles. The third kappa shape index (κ3) is 3.21. The highest BCUT2D eigenvalue weighted by Crippen LogP contribution is 2.26. The Kier molecular flexibility index (Phi) is 4.82. The van der Waals surface area contributed by atoms with E-state index < -0.39 is 0 Å². The molecule has 1 aromatic heterocycles. The van der Waals surface area contributed by atoms with Gasteiger partial charge in [0.1, 0.15) is 11.6 Å². The number of para-hydroxylation sites is 1. The Morgan fingerprint density at radius 3 is 2.75 bits per heavy atom. The fourth-order valence-corrected chi connectivity index (χ4v) is 2.33. The van der Waals surface area contributed by atoms with Crippen LogP contribution in [0.5, 0.6) is 5.75 Å². The number of aliphatic hydroxyl groups is 1. The molecule has 0 bridgehead atoms. The van der Waals surface area contributed by atoms with E-state index in [4.69, 9.17) is 21.4 Å². The highest BCUT2D eigenvalue weighted by molar-refractivity contribution is 6.33. The molecule has 0 spiro atoms. The number of anilines is 1. The molecule has 1 heterocycles. The summed E-state index contributed by atoms with van der Waals surface area (Å²) >= 11 is 6.20. The van der Waals surface area contributed by atoms with Gasteiger partial charge in [0.05, 0.1) is 18.7 Å². The minimum Gasteiger partial charge on any atom is -0.496 e. The Balaban J connectivity index is 2.21. The lowest BCUT2D eigenvalue weighted by Crippen LogP contribution is -2.18. The zero-order valence-corrected chi connectivity index (χ0v) is 12.3. The van der Waals surface area contributed by atoms with Gasteiger partial charge in [-0.1, -0.05) is 29.8 Å². The van der Waals surface area contributed by atoms with Gasteiger partial charge in [0.25, 0.3) is 0 Å². The summed E-state index contributed by atoms with van der Waals surface area (Å²) in [4.78, 5) is 6.24. The van der Waals surface area contributed by atoms with E-state index in [1.54, 1.807) is 19.4 Å². The van der Waals surface area contributed by atoms with Crippen LogP contribution >= 0.6 is 11.6 Å². The van der Waals surface area contributed by atoms with E-state index in [1.165, 1.54) is 0 Å². The lowest BCUT2D eigenvalue weighted by molar-refractivity contribution is 0.281. The van der Waals surface area contributed by atoms with E-state index in [0.717, 1.165) is 11.3 Å². The lowest BCUT2D eigenvalue weighted by atomic mass is 10.2. The van der Waals surface area contributed by atoms with Gasteiger partial charge in [0.15, 0.2) is 0 Å². The Bertz CT molecular complexity index is 590. The minimum absolute atomic E-state index is 0.0662. The molecule has 1 N–H and O–H groups in total. The summed E-state index contributed by atoms with van der Waals surface area (Å²) in [6.45, 7) is 0.568. The zero-order chi connectivity index (χ0) is 14.5. The van der Waals surface area contributed by atoms with E-state index >= 15 is 0 Å². The number of methoxy groups -OCH3 is 1. The fraction of sp³-hybridized carbons (Fsp3) is 0.267. The maximum absolute atomic E-state index is 9.07. The molecular weight excluding hydrogens is 276 g/mol. The average molecular weight is 293 g/mol. The summed E-state index contributed by atoms with van der Waals surface area (Å²) in [6, 6.07) is 9.56. The molecule has 2 rings (SSSR count). The van der Waals surface area contributed by atoms with Crippen molar-refractivity contribution in [3.63, 3.8) is 0 Å². The number of hydrogen-bond donors (Lipinski definition) is 1. The van der Waals surface area contributed by atoms with Crippen molar-refractivity contribution >= 4 is 17.4 Å². The van der Waals surface area contributed by atoms with Gasteiger partial charge < -0.3 is 14.7 Å². The largest absolute Gasteiger partial charge is 0.496 e. The summed E-state index contributed by atoms with van der Waals surface area (Å²) < 4.78 is 5.34. The van der Waals surface area contributed by atoms with Gasteiger partial charge in [0, 0.05) is 25.4 Å². The van der Waals surface area contributed by atoms with Crippen LogP contribution in [0.1, 0.15) is 11.1 Å². The number of aromatic nitrogens is 1. The molecule has 4 nitrogen and oxygen atoms in total. The van der Waals surface area contributed by atoms with Gasteiger partial charge >= 0.3 is 0 Å². The van der Waals surface area contributed by atoms with Crippen LogP contribution in [-0.2, 0) is 13.2 Å². The van der Waals surface area contributed by atoms with Crippen molar-refractivity contribution in [2.45, 2.75) is 13.2 Å². The highest BCUT2D eigenvalue weighted by Gasteiger charge is 2.11. The number of rotatable bonds is 5. The van der Waals surface area contributed by atoms with Crippen LogP contribution in [0, 0.1) is 0 Å². The van der Waals surface area contributed by atoms with Gasteiger partial charge in [-0.3, -0.25) is 0 Å². The van der Waals surface area contributed by atoms with Crippen LogP contribution in [0.25, 0.3) is 0 Å². The summed E-state index contributed by atoms with van der Waals surface area (Å²) in [5.41, 5.74) is 1.76. The summed E-state index contributed by atoms with van der Waals surface area (Å²) in [7, 11) is 3.57. The second-order valence-electron chi connectivity index (χ2n) is 4.48. The molecule has 0 saturated carbocycles. The quantitative estimate of drug-likeness (QED) is 0.920. The van der Waals surface area contributed by atoms with Crippen LogP contribution in [0.4, 0.5) is 5.82 Å². The van der Waals surface area contributed by atoms with Crippen molar-refractivity contribution in [3.8, 4) is 5.75 Å². The van der Waals surface area contributed by atoms with Gasteiger partial charge in [-0.05, 0) is 17.7 Å². The third-order valence-corrected chi connectivity index (χ3v) is 3.30. The molecule has 2 aromatic rings. The number of ether oxygens (including phenoxy) is 1. The molecular formula is C15H17ClN2O2. The first-order valence-electron chi connectivity index (χ1n) is 6.24. The van der Waals surface area contributed by atoms with E-state index in [1.807, 2.05) is 36.2 Å². The minimum atomic E-state index is -0.0662. The molecule has 0 saturated heterocycles. The Labute approximate surface area is 123 Å². The molecule has 0 radical (unpaired) electrons. The fourth-order valence-electron chi connectivity index (χ4n) is 2.00. The second-order valence-corrected chi connectivity index (χ2v) is 4.88. The Hall–Kier alpha value is -1.78. The molecule has 1 aromatic carbocycles. The number of hydrogen-bond acceptors (Lipinski definition) is 4. The number of benzene rings is 1. The molecule has 0 atom stereocenters. The van der Waals surface area contributed by atoms with E-state index in [2.05, 4.69) is 4.98 Å². The Morgan fingerprint density at radius 1 is 1.35 bits per heavy atom. The van der Waals surface area contributed by atoms with Crippen LogP contribution in [-0.4, -0.2) is 24.2 Å². The number of nitrogens with zero attached hydrogens (tertiary/aromatic N) is 2. The molecule has 20 heavy (non-hydrogen) atoms. The van der Waals surface area contributed by atoms with Gasteiger partial charge in [-0.2, -0.15) is 0 Å². The molecule has 0 amide bonds. The maximum atomic E-state index is 9.07. The smallest absolute Gasteiger partial charge is 0.147 e. The maximum Gasteiger partial charge on any atom is 0.147 e. The van der Waals surface area contributed by atoms with Crippen LogP contribution < -0.4 is 9.64 Å². The molecule has 0 aliphatic rings. The van der Waals surface area contributed by atoms with Crippen LogP contribution in [0.15, 0.2) is 36.5 Å². The standard InChI is InChI=1S/C15H17ClN2O2/c1-18(9-12-5-3-4-6-14(12)20-2)15-13(16)7-11(10-19)8-17-15/h3-8,19H,9-10H2,1-2H3. The third-order valence-electron chi connectivity index (χ3n) is 3.02. The SMILES string of the molecule is COc1ccccc1CN(C)c1ncc(CO)cc1Cl. The van der Waals surface area contributed by atoms with E-state index in [9.17, 15) is 0 Å². The van der Waals surface area contributed by atoms with Gasteiger partial charge in [-0.25, -0.2) is 4.98 Å². The molecule has 5 heteroatoms. The van der Waals surface area contributed by atoms with Crippen molar-refractivity contribution in [2.24, 2.45) is 0 Å². The van der Waals surface area contributed by atoms with Gasteiger partial charge in [0.2, 0.25) is 0 Å². The molecule has 106 valence electrons. The molecule has 0 fully saturated rings. The zero-order valence-electron chi connectivity index (χ0n) is 11.5. The van der Waals surface area contributed by atoms with Crippen LogP contribution in [0.3, 0.4) is 0 Å².